The Morgan fingerprint density at radius 1 is 1.05 bits per heavy atom. The fourth-order valence-corrected chi connectivity index (χ4v) is 4.75. The van der Waals surface area contributed by atoms with Gasteiger partial charge in [-0.15, -0.1) is 0 Å². The van der Waals surface area contributed by atoms with Crippen LogP contribution in [-0.4, -0.2) is 65.5 Å². The first kappa shape index (κ1) is 30.2. The van der Waals surface area contributed by atoms with Crippen LogP contribution in [-0.2, 0) is 19.1 Å². The zero-order valence-electron chi connectivity index (χ0n) is 22.4. The van der Waals surface area contributed by atoms with E-state index < -0.39 is 47.9 Å². The van der Waals surface area contributed by atoms with E-state index in [-0.39, 0.29) is 29.2 Å². The van der Waals surface area contributed by atoms with Crippen LogP contribution in [0.4, 0.5) is 5.69 Å². The molecule has 0 spiro atoms. The molecule has 37 heavy (non-hydrogen) atoms. The fraction of sp³-hybridized carbons (Fsp3) is 0.536. The number of anilines is 1. The van der Waals surface area contributed by atoms with Gasteiger partial charge in [0.1, 0.15) is 11.7 Å². The second-order valence-corrected chi connectivity index (χ2v) is 9.81. The van der Waals surface area contributed by atoms with E-state index >= 15 is 0 Å². The predicted octanol–water partition coefficient (Wildman–Crippen LogP) is 3.95. The van der Waals surface area contributed by atoms with Crippen molar-refractivity contribution < 1.29 is 39.2 Å². The second-order valence-electron chi connectivity index (χ2n) is 9.81. The number of nitrogens with one attached hydrogen (secondary N) is 1. The van der Waals surface area contributed by atoms with E-state index in [2.05, 4.69) is 5.32 Å². The van der Waals surface area contributed by atoms with Crippen molar-refractivity contribution in [3.63, 3.8) is 0 Å². The lowest BCUT2D eigenvalue weighted by molar-refractivity contribution is -0.144. The fourth-order valence-electron chi connectivity index (χ4n) is 4.75. The number of aliphatic hydroxyl groups excluding tert-OH is 1. The number of carbonyl (C=O) groups is 3. The number of ketones is 1. The number of hydrogen-bond acceptors (Lipinski definition) is 7. The van der Waals surface area contributed by atoms with Crippen molar-refractivity contribution in [3.8, 4) is 5.75 Å². The quantitative estimate of drug-likeness (QED) is 0.442. The van der Waals surface area contributed by atoms with E-state index in [4.69, 9.17) is 9.47 Å². The number of carboxylic acids is 1. The van der Waals surface area contributed by atoms with Gasteiger partial charge in [-0.3, -0.25) is 14.4 Å². The van der Waals surface area contributed by atoms with Crippen molar-refractivity contribution in [2.24, 2.45) is 17.8 Å². The van der Waals surface area contributed by atoms with Crippen LogP contribution in [0.1, 0.15) is 57.3 Å². The van der Waals surface area contributed by atoms with E-state index in [1.54, 1.807) is 39.8 Å². The smallest absolute Gasteiger partial charge is 0.313 e. The molecule has 0 unspecified atom stereocenters. The van der Waals surface area contributed by atoms with Crippen LogP contribution in [0.15, 0.2) is 41.5 Å². The number of phenolic OH excluding ortho intramolecular Hbond substituents is 1. The molecular weight excluding hydrogens is 478 g/mol. The van der Waals surface area contributed by atoms with Crippen LogP contribution in [0, 0.1) is 17.8 Å². The molecule has 6 atom stereocenters. The molecule has 2 rings (SSSR count). The van der Waals surface area contributed by atoms with Crippen LogP contribution >= 0.6 is 0 Å². The molecule has 0 saturated heterocycles. The number of rotatable bonds is 3. The van der Waals surface area contributed by atoms with Crippen LogP contribution < -0.4 is 5.32 Å². The van der Waals surface area contributed by atoms with Crippen molar-refractivity contribution in [1.29, 1.82) is 0 Å². The summed E-state index contributed by atoms with van der Waals surface area (Å²) in [7, 11) is 2.89. The zero-order valence-corrected chi connectivity index (χ0v) is 22.4. The summed E-state index contributed by atoms with van der Waals surface area (Å²) in [5.74, 6) is -3.89. The van der Waals surface area contributed by atoms with Gasteiger partial charge in [0.15, 0.2) is 5.78 Å². The highest BCUT2D eigenvalue weighted by atomic mass is 16.5. The van der Waals surface area contributed by atoms with E-state index in [1.165, 1.54) is 32.4 Å². The lowest BCUT2D eigenvalue weighted by Crippen LogP contribution is -2.36. The summed E-state index contributed by atoms with van der Waals surface area (Å²) in [5.41, 5.74) is 1.43. The van der Waals surface area contributed by atoms with Gasteiger partial charge in [0.05, 0.1) is 18.3 Å². The summed E-state index contributed by atoms with van der Waals surface area (Å²) in [5, 5.41) is 33.8. The molecule has 1 aliphatic rings. The number of Topliss-reactive ketones (excluding diaryl/α,β-unsaturated/α-hetero) is 1. The average Bonchev–Trinajstić information content (AvgIpc) is 2.83. The highest BCUT2D eigenvalue weighted by Crippen LogP contribution is 2.28. The minimum Gasteiger partial charge on any atom is -0.508 e. The van der Waals surface area contributed by atoms with Gasteiger partial charge < -0.3 is 30.1 Å². The topological polar surface area (TPSA) is 142 Å². The van der Waals surface area contributed by atoms with Gasteiger partial charge in [-0.05, 0) is 45.2 Å². The van der Waals surface area contributed by atoms with Crippen LogP contribution in [0.3, 0.4) is 0 Å². The molecule has 204 valence electrons. The first-order valence-electron chi connectivity index (χ1n) is 12.4. The summed E-state index contributed by atoms with van der Waals surface area (Å²) >= 11 is 0. The number of aliphatic carboxylic acids is 1. The number of carboxylic acid groups (broad SMARTS) is 1. The third-order valence-electron chi connectivity index (χ3n) is 6.93. The van der Waals surface area contributed by atoms with Crippen molar-refractivity contribution in [2.75, 3.05) is 19.5 Å². The molecule has 9 heteroatoms. The molecule has 0 aliphatic carbocycles. The zero-order chi connectivity index (χ0) is 27.9. The molecule has 0 saturated carbocycles. The Bertz CT molecular complexity index is 1050. The van der Waals surface area contributed by atoms with E-state index in [0.717, 1.165) is 0 Å². The number of carbonyl (C=O) groups excluding carboxylic acids is 2. The predicted molar refractivity (Wildman–Crippen MR) is 139 cm³/mol. The summed E-state index contributed by atoms with van der Waals surface area (Å²) in [6.45, 7) is 6.79. The summed E-state index contributed by atoms with van der Waals surface area (Å²) < 4.78 is 11.0. The van der Waals surface area contributed by atoms with E-state index in [0.29, 0.717) is 24.0 Å². The van der Waals surface area contributed by atoms with Gasteiger partial charge in [0.2, 0.25) is 0 Å². The lowest BCUT2D eigenvalue weighted by atomic mass is 9.85. The molecule has 4 N–H and O–H groups in total. The number of methoxy groups -OCH3 is 2. The molecule has 0 fully saturated rings. The number of aliphatic hydroxyl groups is 1. The Balaban J connectivity index is 2.53. The average molecular weight is 518 g/mol. The Morgan fingerprint density at radius 3 is 2.30 bits per heavy atom. The van der Waals surface area contributed by atoms with Crippen LogP contribution in [0.5, 0.6) is 5.75 Å². The molecule has 1 heterocycles. The molecule has 1 amide bonds. The third-order valence-corrected chi connectivity index (χ3v) is 6.93. The molecule has 1 aromatic rings. The number of fused-ring (bicyclic) bond motifs is 2. The van der Waals surface area contributed by atoms with E-state index in [1.807, 2.05) is 0 Å². The third kappa shape index (κ3) is 7.99. The first-order chi connectivity index (χ1) is 17.4. The molecular formula is C28H39NO8. The summed E-state index contributed by atoms with van der Waals surface area (Å²) in [6.07, 6.45) is 1.97. The SMILES string of the molecule is CO[C@H]1C[C@H](C)C(=O)c2cc(O)cc(c2)NC(=O)/C(C)=C/CC[C@H](OC)[C@@H](C(=O)O)/C(C)=C/[C@H](C)[C@H]1O. The standard InChI is InChI=1S/C28H39NO8/c1-15-8-7-9-22(36-5)24(28(34)35)16(2)10-17(3)26(32)23(37-6)11-18(4)25(31)19-12-20(29-27(15)33)14-21(30)13-19/h8,10,12-14,17-18,22-24,26,30,32H,7,9,11H2,1-6H3,(H,29,33)(H,34,35)/b15-8+,16-10+/t17-,18-,22-,23-,24-,26+/m0/s1. The van der Waals surface area contributed by atoms with Gasteiger partial charge in [-0.25, -0.2) is 0 Å². The minimum atomic E-state index is -1.05. The Kier molecular flexibility index (Phi) is 11.0. The van der Waals surface area contributed by atoms with Crippen LogP contribution in [0.25, 0.3) is 0 Å². The van der Waals surface area contributed by atoms with E-state index in [9.17, 15) is 29.7 Å². The lowest BCUT2D eigenvalue weighted by Gasteiger charge is -2.29. The minimum absolute atomic E-state index is 0.166. The number of aromatic hydroxyl groups is 1. The summed E-state index contributed by atoms with van der Waals surface area (Å²) in [6, 6.07) is 4.19. The first-order valence-corrected chi connectivity index (χ1v) is 12.4. The van der Waals surface area contributed by atoms with Crippen molar-refractivity contribution in [1.82, 2.24) is 0 Å². The Morgan fingerprint density at radius 2 is 1.70 bits per heavy atom. The molecule has 0 aromatic heterocycles. The number of phenols is 1. The molecule has 2 bridgehead atoms. The van der Waals surface area contributed by atoms with Gasteiger partial charge in [-0.2, -0.15) is 0 Å². The number of allylic oxidation sites excluding steroid dienone is 1. The highest BCUT2D eigenvalue weighted by Gasteiger charge is 2.32. The molecule has 9 nitrogen and oxygen atoms in total. The maximum atomic E-state index is 13.2. The molecule has 0 radical (unpaired) electrons. The van der Waals surface area contributed by atoms with Gasteiger partial charge >= 0.3 is 5.97 Å². The number of amides is 1. The monoisotopic (exact) mass is 517 g/mol. The number of hydrogen-bond donors (Lipinski definition) is 4. The number of benzene rings is 1. The van der Waals surface area contributed by atoms with Crippen LogP contribution in [0.2, 0.25) is 0 Å². The second kappa shape index (κ2) is 13.5. The normalized spacial score (nSPS) is 31.5. The number of ether oxygens (including phenoxy) is 2. The van der Waals surface area contributed by atoms with Gasteiger partial charge in [-0.1, -0.05) is 31.6 Å². The van der Waals surface area contributed by atoms with Crippen molar-refractivity contribution in [3.05, 3.63) is 47.1 Å². The van der Waals surface area contributed by atoms with Gasteiger partial charge in [0.25, 0.3) is 5.91 Å². The maximum absolute atomic E-state index is 13.2. The highest BCUT2D eigenvalue weighted by molar-refractivity contribution is 6.05. The molecule has 1 aromatic carbocycles. The van der Waals surface area contributed by atoms with Crippen molar-refractivity contribution in [2.45, 2.75) is 65.3 Å². The Labute approximate surface area is 218 Å². The van der Waals surface area contributed by atoms with Crippen molar-refractivity contribution >= 4 is 23.3 Å². The molecule has 1 aliphatic heterocycles. The Hall–Kier alpha value is -3.01. The summed E-state index contributed by atoms with van der Waals surface area (Å²) in [4.78, 5) is 38.1. The largest absolute Gasteiger partial charge is 0.508 e. The maximum Gasteiger partial charge on any atom is 0.313 e. The van der Waals surface area contributed by atoms with Gasteiger partial charge in [0, 0.05) is 48.9 Å².